The maximum Gasteiger partial charge on any atom is 0.142 e. The molecule has 0 aliphatic rings. The molecule has 0 saturated carbocycles. The fourth-order valence-corrected chi connectivity index (χ4v) is 1.73. The van der Waals surface area contributed by atoms with Crippen LogP contribution in [0.2, 0.25) is 0 Å². The lowest BCUT2D eigenvalue weighted by molar-refractivity contribution is 0.190. The van der Waals surface area contributed by atoms with Crippen LogP contribution in [0.15, 0.2) is 48.8 Å². The van der Waals surface area contributed by atoms with Gasteiger partial charge in [0.1, 0.15) is 6.17 Å². The van der Waals surface area contributed by atoms with Crippen LogP contribution in [0, 0.1) is 0 Å². The van der Waals surface area contributed by atoms with Crippen LogP contribution < -0.4 is 5.73 Å². The SMILES string of the molecule is NC(CO)C(F)c1ccc(-c2cccnc2)cc1. The van der Waals surface area contributed by atoms with E-state index in [1.807, 2.05) is 24.3 Å². The fourth-order valence-electron chi connectivity index (χ4n) is 1.73. The van der Waals surface area contributed by atoms with Crippen molar-refractivity contribution in [2.45, 2.75) is 12.2 Å². The van der Waals surface area contributed by atoms with Gasteiger partial charge in [0.05, 0.1) is 12.6 Å². The Morgan fingerprint density at radius 2 is 1.89 bits per heavy atom. The first-order valence-corrected chi connectivity index (χ1v) is 5.73. The molecule has 0 fully saturated rings. The largest absolute Gasteiger partial charge is 0.395 e. The molecule has 2 aromatic rings. The fraction of sp³-hybridized carbons (Fsp3) is 0.214. The number of halogens is 1. The molecule has 2 unspecified atom stereocenters. The normalized spacial score (nSPS) is 14.2. The van der Waals surface area contributed by atoms with Gasteiger partial charge < -0.3 is 10.8 Å². The van der Waals surface area contributed by atoms with Gasteiger partial charge in [-0.2, -0.15) is 0 Å². The van der Waals surface area contributed by atoms with E-state index in [1.54, 1.807) is 24.5 Å². The van der Waals surface area contributed by atoms with Crippen molar-refractivity contribution >= 4 is 0 Å². The Labute approximate surface area is 105 Å². The lowest BCUT2D eigenvalue weighted by Gasteiger charge is -2.14. The van der Waals surface area contributed by atoms with Crippen molar-refractivity contribution in [3.8, 4) is 11.1 Å². The molecule has 0 saturated heterocycles. The second-order valence-electron chi connectivity index (χ2n) is 4.11. The number of hydrogen-bond donors (Lipinski definition) is 2. The molecule has 2 atom stereocenters. The molecule has 0 aliphatic carbocycles. The van der Waals surface area contributed by atoms with Gasteiger partial charge in [-0.1, -0.05) is 30.3 Å². The van der Waals surface area contributed by atoms with E-state index in [2.05, 4.69) is 4.98 Å². The van der Waals surface area contributed by atoms with Crippen molar-refractivity contribution in [2.24, 2.45) is 5.73 Å². The molecule has 3 nitrogen and oxygen atoms in total. The van der Waals surface area contributed by atoms with Crippen molar-refractivity contribution in [3.63, 3.8) is 0 Å². The van der Waals surface area contributed by atoms with E-state index >= 15 is 0 Å². The highest BCUT2D eigenvalue weighted by Gasteiger charge is 2.17. The molecule has 1 aromatic carbocycles. The second kappa shape index (κ2) is 5.71. The molecule has 4 heteroatoms. The summed E-state index contributed by atoms with van der Waals surface area (Å²) in [6, 6.07) is 9.92. The van der Waals surface area contributed by atoms with Crippen LogP contribution >= 0.6 is 0 Å². The van der Waals surface area contributed by atoms with Crippen LogP contribution in [-0.4, -0.2) is 22.7 Å². The summed E-state index contributed by atoms with van der Waals surface area (Å²) in [5.41, 5.74) is 7.89. The van der Waals surface area contributed by atoms with Crippen molar-refractivity contribution in [2.75, 3.05) is 6.61 Å². The molecule has 2 rings (SSSR count). The lowest BCUT2D eigenvalue weighted by Crippen LogP contribution is -2.29. The van der Waals surface area contributed by atoms with E-state index in [1.165, 1.54) is 0 Å². The van der Waals surface area contributed by atoms with Crippen LogP contribution in [-0.2, 0) is 0 Å². The molecular formula is C14H15FN2O. The van der Waals surface area contributed by atoms with Crippen LogP contribution in [0.5, 0.6) is 0 Å². The van der Waals surface area contributed by atoms with E-state index in [-0.39, 0.29) is 6.61 Å². The lowest BCUT2D eigenvalue weighted by atomic mass is 10.0. The Hall–Kier alpha value is -1.78. The van der Waals surface area contributed by atoms with Crippen molar-refractivity contribution in [1.29, 1.82) is 0 Å². The maximum atomic E-state index is 13.8. The predicted octanol–water partition coefficient (Wildman–Crippen LogP) is 2.08. The van der Waals surface area contributed by atoms with Gasteiger partial charge in [0.15, 0.2) is 0 Å². The molecule has 0 radical (unpaired) electrons. The van der Waals surface area contributed by atoms with E-state index in [9.17, 15) is 4.39 Å². The third kappa shape index (κ3) is 2.72. The molecule has 0 spiro atoms. The van der Waals surface area contributed by atoms with Gasteiger partial charge >= 0.3 is 0 Å². The van der Waals surface area contributed by atoms with Crippen molar-refractivity contribution < 1.29 is 9.50 Å². The number of alkyl halides is 1. The molecule has 3 N–H and O–H groups in total. The number of aliphatic hydroxyl groups is 1. The maximum absolute atomic E-state index is 13.8. The van der Waals surface area contributed by atoms with Gasteiger partial charge in [0.2, 0.25) is 0 Å². The Balaban J connectivity index is 2.20. The third-order valence-corrected chi connectivity index (χ3v) is 2.81. The smallest absolute Gasteiger partial charge is 0.142 e. The predicted molar refractivity (Wildman–Crippen MR) is 68.6 cm³/mol. The topological polar surface area (TPSA) is 59.1 Å². The first-order chi connectivity index (χ1) is 8.72. The molecule has 0 bridgehead atoms. The van der Waals surface area contributed by atoms with Crippen LogP contribution in [0.1, 0.15) is 11.7 Å². The summed E-state index contributed by atoms with van der Waals surface area (Å²) in [6.45, 7) is -0.370. The summed E-state index contributed by atoms with van der Waals surface area (Å²) < 4.78 is 13.8. The Morgan fingerprint density at radius 3 is 2.44 bits per heavy atom. The Bertz CT molecular complexity index is 487. The number of nitrogens with two attached hydrogens (primary N) is 1. The average molecular weight is 246 g/mol. The van der Waals surface area contributed by atoms with E-state index in [0.717, 1.165) is 11.1 Å². The van der Waals surface area contributed by atoms with Gasteiger partial charge in [0, 0.05) is 12.4 Å². The van der Waals surface area contributed by atoms with Gasteiger partial charge in [0.25, 0.3) is 0 Å². The molecule has 1 heterocycles. The quantitative estimate of drug-likeness (QED) is 0.868. The summed E-state index contributed by atoms with van der Waals surface area (Å²) >= 11 is 0. The number of nitrogens with zero attached hydrogens (tertiary/aromatic N) is 1. The van der Waals surface area contributed by atoms with Gasteiger partial charge in [-0.15, -0.1) is 0 Å². The standard InChI is InChI=1S/C14H15FN2O/c15-14(13(16)9-18)11-5-3-10(4-6-11)12-2-1-7-17-8-12/h1-8,13-14,18H,9,16H2. The van der Waals surface area contributed by atoms with Crippen molar-refractivity contribution in [3.05, 3.63) is 54.4 Å². The third-order valence-electron chi connectivity index (χ3n) is 2.81. The van der Waals surface area contributed by atoms with Gasteiger partial charge in [-0.05, 0) is 22.8 Å². The first kappa shape index (κ1) is 12.7. The zero-order valence-corrected chi connectivity index (χ0v) is 9.83. The zero-order chi connectivity index (χ0) is 13.0. The summed E-state index contributed by atoms with van der Waals surface area (Å²) in [5, 5.41) is 8.83. The molecule has 0 aliphatic heterocycles. The highest BCUT2D eigenvalue weighted by atomic mass is 19.1. The van der Waals surface area contributed by atoms with Crippen LogP contribution in [0.25, 0.3) is 11.1 Å². The summed E-state index contributed by atoms with van der Waals surface area (Å²) in [7, 11) is 0. The number of aliphatic hydroxyl groups excluding tert-OH is 1. The Morgan fingerprint density at radius 1 is 1.17 bits per heavy atom. The zero-order valence-electron chi connectivity index (χ0n) is 9.83. The second-order valence-corrected chi connectivity index (χ2v) is 4.11. The molecule has 1 aromatic heterocycles. The number of benzene rings is 1. The van der Waals surface area contributed by atoms with E-state index in [0.29, 0.717) is 5.56 Å². The van der Waals surface area contributed by atoms with Gasteiger partial charge in [-0.25, -0.2) is 4.39 Å². The van der Waals surface area contributed by atoms with E-state index < -0.39 is 12.2 Å². The number of pyridine rings is 1. The number of aromatic nitrogens is 1. The number of rotatable bonds is 4. The molecule has 18 heavy (non-hydrogen) atoms. The highest BCUT2D eigenvalue weighted by Crippen LogP contribution is 2.24. The first-order valence-electron chi connectivity index (χ1n) is 5.73. The monoisotopic (exact) mass is 246 g/mol. The minimum absolute atomic E-state index is 0.370. The average Bonchev–Trinajstić information content (AvgIpc) is 2.47. The summed E-state index contributed by atoms with van der Waals surface area (Å²) in [4.78, 5) is 4.03. The Kier molecular flexibility index (Phi) is 4.02. The van der Waals surface area contributed by atoms with Crippen molar-refractivity contribution in [1.82, 2.24) is 4.98 Å². The van der Waals surface area contributed by atoms with Crippen LogP contribution in [0.3, 0.4) is 0 Å². The molecular weight excluding hydrogens is 231 g/mol. The van der Waals surface area contributed by atoms with Crippen LogP contribution in [0.4, 0.5) is 4.39 Å². The summed E-state index contributed by atoms with van der Waals surface area (Å²) in [6.07, 6.45) is 2.11. The highest BCUT2D eigenvalue weighted by molar-refractivity contribution is 5.62. The van der Waals surface area contributed by atoms with E-state index in [4.69, 9.17) is 10.8 Å². The molecule has 94 valence electrons. The number of hydrogen-bond acceptors (Lipinski definition) is 3. The minimum Gasteiger partial charge on any atom is -0.395 e. The summed E-state index contributed by atoms with van der Waals surface area (Å²) in [5.74, 6) is 0. The molecule has 0 amide bonds. The van der Waals surface area contributed by atoms with Gasteiger partial charge in [-0.3, -0.25) is 4.98 Å². The minimum atomic E-state index is -1.35.